The van der Waals surface area contributed by atoms with E-state index in [9.17, 15) is 0 Å². The predicted octanol–water partition coefficient (Wildman–Crippen LogP) is 2.33. The number of pyridine rings is 1. The molecule has 0 radical (unpaired) electrons. The molecule has 0 unspecified atom stereocenters. The summed E-state index contributed by atoms with van der Waals surface area (Å²) in [6.07, 6.45) is 2.63. The number of hydrogen-bond acceptors (Lipinski definition) is 4. The lowest BCUT2D eigenvalue weighted by atomic mass is 10.2. The molecule has 0 aliphatic heterocycles. The van der Waals surface area contributed by atoms with E-state index in [1.807, 2.05) is 0 Å². The zero-order valence-corrected chi connectivity index (χ0v) is 9.85. The summed E-state index contributed by atoms with van der Waals surface area (Å²) in [5.41, 5.74) is 5.98. The van der Waals surface area contributed by atoms with Crippen LogP contribution < -0.4 is 5.73 Å². The average molecular weight is 246 g/mol. The molecule has 0 spiro atoms. The van der Waals surface area contributed by atoms with Crippen molar-refractivity contribution in [1.82, 2.24) is 4.98 Å². The van der Waals surface area contributed by atoms with E-state index in [-0.39, 0.29) is 5.84 Å². The van der Waals surface area contributed by atoms with Crippen LogP contribution in [0.2, 0.25) is 5.02 Å². The molecule has 82 valence electrons. The van der Waals surface area contributed by atoms with E-state index >= 15 is 0 Å². The summed E-state index contributed by atoms with van der Waals surface area (Å²) < 4.78 is 0. The van der Waals surface area contributed by atoms with Crippen molar-refractivity contribution in [3.63, 3.8) is 0 Å². The summed E-state index contributed by atoms with van der Waals surface area (Å²) in [6, 6.07) is 1.62. The minimum Gasteiger partial charge on any atom is -0.409 e. The Morgan fingerprint density at radius 1 is 1.73 bits per heavy atom. The second kappa shape index (κ2) is 5.82. The number of amidine groups is 1. The van der Waals surface area contributed by atoms with Crippen LogP contribution in [0, 0.1) is 0 Å². The smallest absolute Gasteiger partial charge is 0.171 e. The van der Waals surface area contributed by atoms with Crippen molar-refractivity contribution in [2.45, 2.75) is 18.4 Å². The Bertz CT molecular complexity index is 370. The molecule has 0 aliphatic rings. The Balaban J connectivity index is 3.00. The molecule has 0 bridgehead atoms. The molecule has 1 heterocycles. The second-order valence-corrected chi connectivity index (χ2v) is 4.27. The van der Waals surface area contributed by atoms with Gasteiger partial charge in [0, 0.05) is 11.8 Å². The van der Waals surface area contributed by atoms with E-state index in [2.05, 4.69) is 17.1 Å². The topological polar surface area (TPSA) is 71.5 Å². The van der Waals surface area contributed by atoms with Crippen LogP contribution in [0.1, 0.15) is 18.9 Å². The first-order valence-corrected chi connectivity index (χ1v) is 5.82. The summed E-state index contributed by atoms with van der Waals surface area (Å²) >= 11 is 7.62. The van der Waals surface area contributed by atoms with Crippen LogP contribution in [0.3, 0.4) is 0 Å². The summed E-state index contributed by atoms with van der Waals surface area (Å²) in [7, 11) is 0. The van der Waals surface area contributed by atoms with Crippen molar-refractivity contribution in [3.8, 4) is 0 Å². The summed E-state index contributed by atoms with van der Waals surface area (Å²) in [4.78, 5) is 4.13. The van der Waals surface area contributed by atoms with Gasteiger partial charge < -0.3 is 10.9 Å². The van der Waals surface area contributed by atoms with Gasteiger partial charge in [0.1, 0.15) is 5.03 Å². The number of nitrogens with two attached hydrogens (primary N) is 1. The molecule has 0 amide bonds. The summed E-state index contributed by atoms with van der Waals surface area (Å²) in [6.45, 7) is 2.08. The summed E-state index contributed by atoms with van der Waals surface area (Å²) in [5, 5.41) is 12.6. The third-order valence-electron chi connectivity index (χ3n) is 1.68. The highest BCUT2D eigenvalue weighted by molar-refractivity contribution is 7.99. The highest BCUT2D eigenvalue weighted by atomic mass is 35.5. The average Bonchev–Trinajstić information content (AvgIpc) is 2.27. The molecule has 1 rings (SSSR count). The standard InChI is InChI=1S/C9H12ClN3OS/c1-2-5-15-9-7(10)6(3-4-12-9)8(11)13-14/h3-4,14H,2,5H2,1H3,(H2,11,13). The van der Waals surface area contributed by atoms with Crippen molar-refractivity contribution in [1.29, 1.82) is 0 Å². The molecule has 0 fully saturated rings. The maximum atomic E-state index is 8.56. The molecule has 0 saturated heterocycles. The van der Waals surface area contributed by atoms with Gasteiger partial charge in [-0.1, -0.05) is 23.7 Å². The van der Waals surface area contributed by atoms with Gasteiger partial charge in [0.15, 0.2) is 5.84 Å². The van der Waals surface area contributed by atoms with Crippen LogP contribution in [0.15, 0.2) is 22.4 Å². The van der Waals surface area contributed by atoms with Crippen molar-refractivity contribution >= 4 is 29.2 Å². The van der Waals surface area contributed by atoms with E-state index in [0.717, 1.165) is 12.2 Å². The maximum absolute atomic E-state index is 8.56. The zero-order valence-electron chi connectivity index (χ0n) is 8.27. The van der Waals surface area contributed by atoms with Gasteiger partial charge in [0.05, 0.1) is 5.02 Å². The number of hydrogen-bond donors (Lipinski definition) is 2. The molecule has 1 aromatic heterocycles. The van der Waals surface area contributed by atoms with E-state index in [4.69, 9.17) is 22.5 Å². The highest BCUT2D eigenvalue weighted by Crippen LogP contribution is 2.27. The molecule has 6 heteroatoms. The Morgan fingerprint density at radius 3 is 3.07 bits per heavy atom. The van der Waals surface area contributed by atoms with E-state index in [1.54, 1.807) is 24.0 Å². The third kappa shape index (κ3) is 3.00. The van der Waals surface area contributed by atoms with Crippen molar-refractivity contribution in [2.75, 3.05) is 5.75 Å². The van der Waals surface area contributed by atoms with Crippen LogP contribution in [-0.4, -0.2) is 21.8 Å². The molecular formula is C9H12ClN3OS. The minimum absolute atomic E-state index is 0.000693. The maximum Gasteiger partial charge on any atom is 0.171 e. The number of oxime groups is 1. The molecule has 0 aromatic carbocycles. The van der Waals surface area contributed by atoms with E-state index < -0.39 is 0 Å². The van der Waals surface area contributed by atoms with Crippen LogP contribution in [-0.2, 0) is 0 Å². The molecule has 3 N–H and O–H groups in total. The molecular weight excluding hydrogens is 234 g/mol. The predicted molar refractivity (Wildman–Crippen MR) is 62.8 cm³/mol. The van der Waals surface area contributed by atoms with Crippen molar-refractivity contribution in [2.24, 2.45) is 10.9 Å². The number of nitrogens with zero attached hydrogens (tertiary/aromatic N) is 2. The van der Waals surface area contributed by atoms with Gasteiger partial charge in [-0.15, -0.1) is 11.8 Å². The quantitative estimate of drug-likeness (QED) is 0.281. The van der Waals surface area contributed by atoms with Gasteiger partial charge in [-0.2, -0.15) is 0 Å². The largest absolute Gasteiger partial charge is 0.409 e. The van der Waals surface area contributed by atoms with Gasteiger partial charge in [0.2, 0.25) is 0 Å². The van der Waals surface area contributed by atoms with E-state index in [0.29, 0.717) is 15.6 Å². The Kier molecular flexibility index (Phi) is 4.71. The van der Waals surface area contributed by atoms with Crippen LogP contribution >= 0.6 is 23.4 Å². The number of aromatic nitrogens is 1. The Hall–Kier alpha value is -0.940. The molecule has 0 saturated carbocycles. The number of rotatable bonds is 4. The first-order valence-electron chi connectivity index (χ1n) is 4.45. The summed E-state index contributed by atoms with van der Waals surface area (Å²) in [5.74, 6) is 0.938. The second-order valence-electron chi connectivity index (χ2n) is 2.81. The highest BCUT2D eigenvalue weighted by Gasteiger charge is 2.10. The molecule has 0 aliphatic carbocycles. The van der Waals surface area contributed by atoms with Gasteiger partial charge in [-0.05, 0) is 18.2 Å². The minimum atomic E-state index is 0.000693. The van der Waals surface area contributed by atoms with Gasteiger partial charge in [-0.25, -0.2) is 4.98 Å². The zero-order chi connectivity index (χ0) is 11.3. The number of halogens is 1. The lowest BCUT2D eigenvalue weighted by Gasteiger charge is -2.06. The van der Waals surface area contributed by atoms with Crippen molar-refractivity contribution in [3.05, 3.63) is 22.8 Å². The molecule has 4 nitrogen and oxygen atoms in total. The van der Waals surface area contributed by atoms with Crippen LogP contribution in [0.25, 0.3) is 0 Å². The fourth-order valence-corrected chi connectivity index (χ4v) is 2.12. The first kappa shape index (κ1) is 12.1. The van der Waals surface area contributed by atoms with E-state index in [1.165, 1.54) is 0 Å². The molecule has 15 heavy (non-hydrogen) atoms. The third-order valence-corrected chi connectivity index (χ3v) is 3.37. The van der Waals surface area contributed by atoms with Crippen molar-refractivity contribution < 1.29 is 5.21 Å². The lowest BCUT2D eigenvalue weighted by molar-refractivity contribution is 0.318. The fourth-order valence-electron chi connectivity index (χ4n) is 0.976. The van der Waals surface area contributed by atoms with Crippen LogP contribution in [0.4, 0.5) is 0 Å². The number of thioether (sulfide) groups is 1. The SMILES string of the molecule is CCCSc1nccc(/C(N)=N/O)c1Cl. The lowest BCUT2D eigenvalue weighted by Crippen LogP contribution is -2.14. The Labute approximate surface area is 97.5 Å². The van der Waals surface area contributed by atoms with Gasteiger partial charge in [-0.3, -0.25) is 0 Å². The molecule has 0 atom stereocenters. The molecule has 1 aromatic rings. The van der Waals surface area contributed by atoms with Gasteiger partial charge in [0.25, 0.3) is 0 Å². The monoisotopic (exact) mass is 245 g/mol. The fraction of sp³-hybridized carbons (Fsp3) is 0.333. The van der Waals surface area contributed by atoms with Gasteiger partial charge >= 0.3 is 0 Å². The first-order chi connectivity index (χ1) is 7.20. The Morgan fingerprint density at radius 2 is 2.47 bits per heavy atom. The van der Waals surface area contributed by atoms with Crippen LogP contribution in [0.5, 0.6) is 0 Å². The normalized spacial score (nSPS) is 11.7.